The predicted molar refractivity (Wildman–Crippen MR) is 96.7 cm³/mol. The molecule has 0 atom stereocenters. The first kappa shape index (κ1) is 17.1. The molecular formula is C20H18FN3O3. The minimum absolute atomic E-state index is 0.215. The zero-order valence-corrected chi connectivity index (χ0v) is 14.5. The van der Waals surface area contributed by atoms with Crippen LogP contribution in [0.5, 0.6) is 11.5 Å². The van der Waals surface area contributed by atoms with Gasteiger partial charge >= 0.3 is 0 Å². The lowest BCUT2D eigenvalue weighted by Crippen LogP contribution is -2.23. The van der Waals surface area contributed by atoms with Crippen molar-refractivity contribution in [3.8, 4) is 17.2 Å². The molecule has 6 nitrogen and oxygen atoms in total. The first-order valence-electron chi connectivity index (χ1n) is 8.68. The molecule has 2 heterocycles. The van der Waals surface area contributed by atoms with Crippen LogP contribution >= 0.6 is 0 Å². The van der Waals surface area contributed by atoms with E-state index in [0.717, 1.165) is 12.0 Å². The van der Waals surface area contributed by atoms with Gasteiger partial charge in [-0.2, -0.15) is 5.10 Å². The number of halogens is 1. The number of carbonyl (C=O) groups excluding carboxylic acids is 1. The molecule has 0 saturated heterocycles. The molecular weight excluding hydrogens is 349 g/mol. The monoisotopic (exact) mass is 367 g/mol. The number of hydrogen-bond acceptors (Lipinski definition) is 4. The van der Waals surface area contributed by atoms with Gasteiger partial charge in [0.25, 0.3) is 5.91 Å². The SMILES string of the molecule is O=C(NCc1ccc2c(c1)OCCCO2)c1ccn(-c2ccccc2F)n1. The van der Waals surface area contributed by atoms with Crippen molar-refractivity contribution in [1.29, 1.82) is 0 Å². The molecule has 2 aromatic carbocycles. The van der Waals surface area contributed by atoms with Gasteiger partial charge in [-0.3, -0.25) is 4.79 Å². The summed E-state index contributed by atoms with van der Waals surface area (Å²) in [5.74, 6) is 0.659. The molecule has 1 aromatic heterocycles. The first-order valence-corrected chi connectivity index (χ1v) is 8.68. The van der Waals surface area contributed by atoms with Crippen molar-refractivity contribution < 1.29 is 18.7 Å². The van der Waals surface area contributed by atoms with E-state index in [1.807, 2.05) is 18.2 Å². The fraction of sp³-hybridized carbons (Fsp3) is 0.200. The van der Waals surface area contributed by atoms with E-state index >= 15 is 0 Å². The van der Waals surface area contributed by atoms with Crippen LogP contribution in [0.2, 0.25) is 0 Å². The number of amides is 1. The van der Waals surface area contributed by atoms with Gasteiger partial charge in [-0.1, -0.05) is 18.2 Å². The number of nitrogens with one attached hydrogen (secondary N) is 1. The summed E-state index contributed by atoms with van der Waals surface area (Å²) in [5, 5.41) is 6.97. The van der Waals surface area contributed by atoms with Crippen LogP contribution in [-0.4, -0.2) is 28.9 Å². The van der Waals surface area contributed by atoms with Gasteiger partial charge in [0.1, 0.15) is 11.5 Å². The molecule has 0 unspecified atom stereocenters. The van der Waals surface area contributed by atoms with Crippen molar-refractivity contribution in [2.45, 2.75) is 13.0 Å². The summed E-state index contributed by atoms with van der Waals surface area (Å²) in [6.07, 6.45) is 2.40. The molecule has 0 saturated carbocycles. The number of aromatic nitrogens is 2. The molecule has 3 aromatic rings. The number of fused-ring (bicyclic) bond motifs is 1. The van der Waals surface area contributed by atoms with Gasteiger partial charge in [0.15, 0.2) is 17.2 Å². The molecule has 0 aliphatic carbocycles. The molecule has 0 bridgehead atoms. The second kappa shape index (κ2) is 7.49. The largest absolute Gasteiger partial charge is 0.490 e. The van der Waals surface area contributed by atoms with Crippen molar-refractivity contribution in [1.82, 2.24) is 15.1 Å². The zero-order valence-electron chi connectivity index (χ0n) is 14.5. The summed E-state index contributed by atoms with van der Waals surface area (Å²) < 4.78 is 26.4. The molecule has 0 radical (unpaired) electrons. The van der Waals surface area contributed by atoms with E-state index in [1.165, 1.54) is 10.7 Å². The second-order valence-electron chi connectivity index (χ2n) is 6.11. The Morgan fingerprint density at radius 2 is 1.93 bits per heavy atom. The van der Waals surface area contributed by atoms with Gasteiger partial charge in [-0.25, -0.2) is 9.07 Å². The Morgan fingerprint density at radius 1 is 1.11 bits per heavy atom. The Bertz CT molecular complexity index is 971. The average molecular weight is 367 g/mol. The van der Waals surface area contributed by atoms with E-state index < -0.39 is 5.82 Å². The third kappa shape index (κ3) is 3.76. The summed E-state index contributed by atoms with van der Waals surface area (Å²) in [5.41, 5.74) is 1.40. The molecule has 4 rings (SSSR count). The van der Waals surface area contributed by atoms with E-state index in [-0.39, 0.29) is 11.6 Å². The van der Waals surface area contributed by atoms with Crippen LogP contribution in [-0.2, 0) is 6.54 Å². The van der Waals surface area contributed by atoms with Crippen molar-refractivity contribution in [2.24, 2.45) is 0 Å². The van der Waals surface area contributed by atoms with Crippen LogP contribution in [0.4, 0.5) is 4.39 Å². The van der Waals surface area contributed by atoms with E-state index in [1.54, 1.807) is 30.5 Å². The zero-order chi connectivity index (χ0) is 18.6. The lowest BCUT2D eigenvalue weighted by atomic mass is 10.2. The van der Waals surface area contributed by atoms with Crippen molar-refractivity contribution in [3.63, 3.8) is 0 Å². The topological polar surface area (TPSA) is 65.4 Å². The number of ether oxygens (including phenoxy) is 2. The Kier molecular flexibility index (Phi) is 4.74. The molecule has 7 heteroatoms. The summed E-state index contributed by atoms with van der Waals surface area (Å²) in [4.78, 5) is 12.4. The molecule has 1 amide bonds. The summed E-state index contributed by atoms with van der Waals surface area (Å²) >= 11 is 0. The molecule has 0 spiro atoms. The lowest BCUT2D eigenvalue weighted by Gasteiger charge is -2.10. The number of carbonyl (C=O) groups is 1. The normalized spacial score (nSPS) is 13.1. The molecule has 1 N–H and O–H groups in total. The summed E-state index contributed by atoms with van der Waals surface area (Å²) in [6, 6.07) is 13.4. The van der Waals surface area contributed by atoms with Gasteiger partial charge in [0.05, 0.1) is 13.2 Å². The van der Waals surface area contributed by atoms with E-state index in [4.69, 9.17) is 9.47 Å². The van der Waals surface area contributed by atoms with Gasteiger partial charge in [-0.05, 0) is 35.9 Å². The predicted octanol–water partition coefficient (Wildman–Crippen LogP) is 3.10. The number of benzene rings is 2. The molecule has 138 valence electrons. The highest BCUT2D eigenvalue weighted by Crippen LogP contribution is 2.30. The summed E-state index contributed by atoms with van der Waals surface area (Å²) in [6.45, 7) is 1.56. The van der Waals surface area contributed by atoms with Crippen molar-refractivity contribution >= 4 is 5.91 Å². The molecule has 1 aliphatic heterocycles. The third-order valence-electron chi connectivity index (χ3n) is 4.19. The highest BCUT2D eigenvalue weighted by molar-refractivity contribution is 5.92. The number of nitrogens with zero attached hydrogens (tertiary/aromatic N) is 2. The quantitative estimate of drug-likeness (QED) is 0.770. The Balaban J connectivity index is 1.43. The average Bonchev–Trinajstić information content (AvgIpc) is 3.05. The van der Waals surface area contributed by atoms with Crippen LogP contribution < -0.4 is 14.8 Å². The molecule has 27 heavy (non-hydrogen) atoms. The summed E-state index contributed by atoms with van der Waals surface area (Å²) in [7, 11) is 0. The highest BCUT2D eigenvalue weighted by Gasteiger charge is 2.14. The minimum Gasteiger partial charge on any atom is -0.490 e. The number of para-hydroxylation sites is 1. The van der Waals surface area contributed by atoms with Crippen molar-refractivity contribution in [2.75, 3.05) is 13.2 Å². The van der Waals surface area contributed by atoms with E-state index in [0.29, 0.717) is 36.9 Å². The molecule has 1 aliphatic rings. The van der Waals surface area contributed by atoms with E-state index in [9.17, 15) is 9.18 Å². The van der Waals surface area contributed by atoms with Gasteiger partial charge in [-0.15, -0.1) is 0 Å². The smallest absolute Gasteiger partial charge is 0.272 e. The van der Waals surface area contributed by atoms with Crippen LogP contribution in [0.3, 0.4) is 0 Å². The Morgan fingerprint density at radius 3 is 2.78 bits per heavy atom. The van der Waals surface area contributed by atoms with Gasteiger partial charge < -0.3 is 14.8 Å². The van der Waals surface area contributed by atoms with E-state index in [2.05, 4.69) is 10.4 Å². The number of hydrogen-bond donors (Lipinski definition) is 1. The molecule has 0 fully saturated rings. The van der Waals surface area contributed by atoms with Gasteiger partial charge in [0.2, 0.25) is 0 Å². The van der Waals surface area contributed by atoms with Crippen LogP contribution in [0.15, 0.2) is 54.7 Å². The second-order valence-corrected chi connectivity index (χ2v) is 6.11. The lowest BCUT2D eigenvalue weighted by molar-refractivity contribution is 0.0945. The maximum absolute atomic E-state index is 13.8. The Hall–Kier alpha value is -3.35. The fourth-order valence-electron chi connectivity index (χ4n) is 2.81. The maximum atomic E-state index is 13.8. The van der Waals surface area contributed by atoms with Crippen LogP contribution in [0.1, 0.15) is 22.5 Å². The van der Waals surface area contributed by atoms with Gasteiger partial charge in [0, 0.05) is 19.2 Å². The minimum atomic E-state index is -0.403. The standard InChI is InChI=1S/C20H18FN3O3/c21-15-4-1-2-5-17(15)24-9-8-16(23-24)20(25)22-13-14-6-7-18-19(12-14)27-11-3-10-26-18/h1-2,4-9,12H,3,10-11,13H2,(H,22,25). The highest BCUT2D eigenvalue weighted by atomic mass is 19.1. The fourth-order valence-corrected chi connectivity index (χ4v) is 2.81. The van der Waals surface area contributed by atoms with Crippen LogP contribution in [0.25, 0.3) is 5.69 Å². The van der Waals surface area contributed by atoms with Crippen LogP contribution in [0, 0.1) is 5.82 Å². The third-order valence-corrected chi connectivity index (χ3v) is 4.19. The first-order chi connectivity index (χ1) is 13.2. The Labute approximate surface area is 155 Å². The van der Waals surface area contributed by atoms with Crippen molar-refractivity contribution in [3.05, 3.63) is 71.8 Å². The number of rotatable bonds is 4. The maximum Gasteiger partial charge on any atom is 0.272 e.